The molecule has 0 aliphatic carbocycles. The van der Waals surface area contributed by atoms with Crippen molar-refractivity contribution in [3.05, 3.63) is 199 Å². The van der Waals surface area contributed by atoms with Gasteiger partial charge in [0.1, 0.15) is 0 Å². The highest BCUT2D eigenvalue weighted by Crippen LogP contribution is 2.41. The van der Waals surface area contributed by atoms with Crippen LogP contribution in [0.2, 0.25) is 0 Å². The Kier molecular flexibility index (Phi) is 9.21. The predicted octanol–water partition coefficient (Wildman–Crippen LogP) is 15.3. The Hall–Kier alpha value is -7.63. The summed E-state index contributed by atoms with van der Waals surface area (Å²) in [5.74, 6) is 1.82. The normalized spacial score (nSPS) is 12.2. The first-order chi connectivity index (χ1) is 31.0. The molecule has 3 aromatic heterocycles. The number of aromatic nitrogens is 5. The van der Waals surface area contributed by atoms with E-state index in [1.807, 2.05) is 0 Å². The molecule has 8 aromatic carbocycles. The lowest BCUT2D eigenvalue weighted by atomic mass is 9.79. The summed E-state index contributed by atoms with van der Waals surface area (Å²) in [7, 11) is 0. The third-order valence-electron chi connectivity index (χ3n) is 12.7. The zero-order valence-corrected chi connectivity index (χ0v) is 37.1. The maximum Gasteiger partial charge on any atom is 0.238 e. The zero-order chi connectivity index (χ0) is 43.7. The van der Waals surface area contributed by atoms with Crippen LogP contribution in [0.15, 0.2) is 188 Å². The minimum absolute atomic E-state index is 0.0918. The van der Waals surface area contributed by atoms with Crippen LogP contribution in [0.1, 0.15) is 52.7 Å². The summed E-state index contributed by atoms with van der Waals surface area (Å²) in [5.41, 5.74) is 14.2. The topological polar surface area (TPSA) is 48.5 Å². The highest BCUT2D eigenvalue weighted by atomic mass is 15.2. The van der Waals surface area contributed by atoms with E-state index in [0.29, 0.717) is 17.6 Å². The molecule has 0 amide bonds. The van der Waals surface area contributed by atoms with Crippen molar-refractivity contribution in [2.24, 2.45) is 0 Å². The molecule has 0 spiro atoms. The van der Waals surface area contributed by atoms with Crippen LogP contribution in [-0.2, 0) is 10.8 Å². The third kappa shape index (κ3) is 6.76. The van der Waals surface area contributed by atoms with Gasteiger partial charge in [-0.05, 0) is 105 Å². The molecule has 11 aromatic rings. The number of nitrogens with zero attached hydrogens (tertiary/aromatic N) is 5. The largest absolute Gasteiger partial charge is 0.309 e. The number of para-hydroxylation sites is 3. The molecule has 0 aliphatic rings. The Labute approximate surface area is 374 Å². The molecule has 64 heavy (non-hydrogen) atoms. The maximum absolute atomic E-state index is 5.48. The van der Waals surface area contributed by atoms with E-state index in [4.69, 9.17) is 15.0 Å². The molecule has 0 saturated carbocycles. The van der Waals surface area contributed by atoms with E-state index >= 15 is 0 Å². The van der Waals surface area contributed by atoms with E-state index in [1.54, 1.807) is 0 Å². The molecule has 0 aliphatic heterocycles. The summed E-state index contributed by atoms with van der Waals surface area (Å²) < 4.78 is 4.60. The van der Waals surface area contributed by atoms with E-state index < -0.39 is 0 Å². The molecule has 0 unspecified atom stereocenters. The molecule has 0 saturated heterocycles. The lowest BCUT2D eigenvalue weighted by Gasteiger charge is -2.26. The van der Waals surface area contributed by atoms with Gasteiger partial charge in [0.2, 0.25) is 5.95 Å². The number of hydrogen-bond donors (Lipinski definition) is 0. The van der Waals surface area contributed by atoms with Crippen LogP contribution in [0.25, 0.3) is 100 Å². The summed E-state index contributed by atoms with van der Waals surface area (Å²) in [5, 5.41) is 4.67. The van der Waals surface area contributed by atoms with E-state index in [9.17, 15) is 0 Å². The molecular weight excluding hydrogens is 779 g/mol. The second kappa shape index (κ2) is 15.0. The van der Waals surface area contributed by atoms with Gasteiger partial charge in [0.15, 0.2) is 11.6 Å². The Morgan fingerprint density at radius 2 is 0.781 bits per heavy atom. The fourth-order valence-electron chi connectivity index (χ4n) is 9.24. The van der Waals surface area contributed by atoms with Gasteiger partial charge in [-0.25, -0.2) is 4.98 Å². The Morgan fingerprint density at radius 3 is 1.31 bits per heavy atom. The van der Waals surface area contributed by atoms with Gasteiger partial charge >= 0.3 is 0 Å². The minimum Gasteiger partial charge on any atom is -0.309 e. The van der Waals surface area contributed by atoms with E-state index in [2.05, 4.69) is 239 Å². The Balaban J connectivity index is 1.20. The van der Waals surface area contributed by atoms with Gasteiger partial charge in [0.25, 0.3) is 0 Å². The van der Waals surface area contributed by atoms with Crippen LogP contribution in [0.4, 0.5) is 0 Å². The van der Waals surface area contributed by atoms with Crippen molar-refractivity contribution in [1.29, 1.82) is 0 Å². The van der Waals surface area contributed by atoms with Gasteiger partial charge in [-0.2, -0.15) is 9.97 Å². The Bertz CT molecular complexity index is 3380. The average Bonchev–Trinajstić information content (AvgIpc) is 3.83. The van der Waals surface area contributed by atoms with Crippen LogP contribution < -0.4 is 0 Å². The number of rotatable bonds is 6. The van der Waals surface area contributed by atoms with Gasteiger partial charge in [-0.1, -0.05) is 169 Å². The SMILES string of the molecule is CC(C)(C)c1cc(-c2nc(-c3ccccc3-n3c4ccc(-c5ccccc5)cc4c4cc(-c5ccccc5)ccc43)nc(-n3c4ccccc4c4ccccc43)n2)cc(C(C)(C)C)c1. The molecule has 0 N–H and O–H groups in total. The standard InChI is InChI=1S/C59H49N5/c1-58(2,3)43-33-42(34-44(37-43)59(4,5)6)55-60-56(62-57(61-55)64-50-26-16-13-23-45(50)46-24-14-17-27-51(46)64)47-25-15-18-28-52(47)63-53-31-29-40(38-19-9-7-10-20-38)35-48(53)49-36-41(30-32-54(49)63)39-21-11-8-12-22-39/h7-37H,1-6H3. The quantitative estimate of drug-likeness (QED) is 0.168. The van der Waals surface area contributed by atoms with Crippen LogP contribution in [-0.4, -0.2) is 24.1 Å². The number of benzene rings is 8. The first-order valence-corrected chi connectivity index (χ1v) is 22.2. The van der Waals surface area contributed by atoms with E-state index in [1.165, 1.54) is 44.2 Å². The van der Waals surface area contributed by atoms with Crippen LogP contribution in [0.3, 0.4) is 0 Å². The van der Waals surface area contributed by atoms with Gasteiger partial charge in [0.05, 0.1) is 27.8 Å². The molecule has 5 heteroatoms. The van der Waals surface area contributed by atoms with Crippen molar-refractivity contribution >= 4 is 43.6 Å². The fraction of sp³-hybridized carbons (Fsp3) is 0.136. The third-order valence-corrected chi connectivity index (χ3v) is 12.7. The summed E-state index contributed by atoms with van der Waals surface area (Å²) in [6.07, 6.45) is 0. The summed E-state index contributed by atoms with van der Waals surface area (Å²) >= 11 is 0. The molecule has 0 radical (unpaired) electrons. The molecule has 5 nitrogen and oxygen atoms in total. The van der Waals surface area contributed by atoms with E-state index in [-0.39, 0.29) is 10.8 Å². The van der Waals surface area contributed by atoms with Gasteiger partial charge < -0.3 is 4.57 Å². The smallest absolute Gasteiger partial charge is 0.238 e. The van der Waals surface area contributed by atoms with E-state index in [0.717, 1.165) is 49.7 Å². The van der Waals surface area contributed by atoms with Crippen molar-refractivity contribution in [3.63, 3.8) is 0 Å². The van der Waals surface area contributed by atoms with Crippen molar-refractivity contribution in [2.45, 2.75) is 52.4 Å². The van der Waals surface area contributed by atoms with Crippen molar-refractivity contribution < 1.29 is 0 Å². The van der Waals surface area contributed by atoms with Gasteiger partial charge in [0, 0.05) is 32.7 Å². The number of fused-ring (bicyclic) bond motifs is 6. The van der Waals surface area contributed by atoms with Crippen molar-refractivity contribution in [1.82, 2.24) is 24.1 Å². The maximum atomic E-state index is 5.48. The highest BCUT2D eigenvalue weighted by Gasteiger charge is 2.25. The second-order valence-electron chi connectivity index (χ2n) is 19.0. The molecule has 0 atom stereocenters. The number of hydrogen-bond acceptors (Lipinski definition) is 3. The van der Waals surface area contributed by atoms with Crippen molar-refractivity contribution in [3.8, 4) is 56.7 Å². The zero-order valence-electron chi connectivity index (χ0n) is 37.1. The van der Waals surface area contributed by atoms with Crippen molar-refractivity contribution in [2.75, 3.05) is 0 Å². The van der Waals surface area contributed by atoms with Crippen LogP contribution in [0.5, 0.6) is 0 Å². The summed E-state index contributed by atoms with van der Waals surface area (Å²) in [6.45, 7) is 13.6. The predicted molar refractivity (Wildman–Crippen MR) is 268 cm³/mol. The van der Waals surface area contributed by atoms with Gasteiger partial charge in [-0.3, -0.25) is 4.57 Å². The fourth-order valence-corrected chi connectivity index (χ4v) is 9.24. The summed E-state index contributed by atoms with van der Waals surface area (Å²) in [6, 6.07) is 67.5. The molecule has 0 fully saturated rings. The average molecular weight is 828 g/mol. The molecule has 310 valence electrons. The second-order valence-corrected chi connectivity index (χ2v) is 19.0. The highest BCUT2D eigenvalue weighted by molar-refractivity contribution is 6.12. The first-order valence-electron chi connectivity index (χ1n) is 22.2. The molecular formula is C59H49N5. The molecule has 11 rings (SSSR count). The molecule has 0 bridgehead atoms. The summed E-state index contributed by atoms with van der Waals surface area (Å²) in [4.78, 5) is 16.4. The first kappa shape index (κ1) is 39.2. The minimum atomic E-state index is -0.0918. The van der Waals surface area contributed by atoms with Gasteiger partial charge in [-0.15, -0.1) is 0 Å². The lowest BCUT2D eigenvalue weighted by Crippen LogP contribution is -2.17. The van der Waals surface area contributed by atoms with Crippen LogP contribution in [0, 0.1) is 0 Å². The molecule has 3 heterocycles. The monoisotopic (exact) mass is 827 g/mol. The lowest BCUT2D eigenvalue weighted by molar-refractivity contribution is 0.569. The Morgan fingerprint density at radius 1 is 0.328 bits per heavy atom. The van der Waals surface area contributed by atoms with Crippen LogP contribution >= 0.6 is 0 Å².